The van der Waals surface area contributed by atoms with Crippen molar-refractivity contribution < 1.29 is 0 Å². The average molecular weight is 376 g/mol. The first-order valence-electron chi connectivity index (χ1n) is 4.61. The minimum atomic E-state index is 0.667. The van der Waals surface area contributed by atoms with E-state index in [1.165, 1.54) is 38.5 Å². The van der Waals surface area contributed by atoms with Crippen molar-refractivity contribution in [2.75, 3.05) is 0 Å². The van der Waals surface area contributed by atoms with Gasteiger partial charge in [-0.25, -0.2) is 0 Å². The third-order valence-corrected chi connectivity index (χ3v) is 6.35. The zero-order valence-corrected chi connectivity index (χ0v) is 11.0. The van der Waals surface area contributed by atoms with Crippen LogP contribution in [0, 0.1) is 11.8 Å². The van der Waals surface area contributed by atoms with E-state index in [0.29, 0.717) is 1.43 Å². The first-order chi connectivity index (χ1) is 5.23. The molecule has 0 saturated heterocycles. The van der Waals surface area contributed by atoms with Crippen LogP contribution in [0.2, 0.25) is 0 Å². The Kier molecular flexibility index (Phi) is 2.72. The highest BCUT2D eigenvalue weighted by molar-refractivity contribution is 14.2. The molecule has 0 spiro atoms. The molecule has 2 aliphatic rings. The molecule has 2 atom stereocenters. The second kappa shape index (κ2) is 3.31. The first-order valence-corrected chi connectivity index (χ1v) is 6.76. The second-order valence-electron chi connectivity index (χ2n) is 3.88. The second-order valence-corrected chi connectivity index (χ2v) is 9.51. The third-order valence-electron chi connectivity index (χ3n) is 3.15. The van der Waals surface area contributed by atoms with Crippen LogP contribution in [0.5, 0.6) is 0 Å². The van der Waals surface area contributed by atoms with E-state index < -0.39 is 0 Å². The summed E-state index contributed by atoms with van der Waals surface area (Å²) in [6, 6.07) is 0. The molecular weight excluding hydrogens is 362 g/mol. The summed E-state index contributed by atoms with van der Waals surface area (Å²) in [5.74, 6) is 2.15. The van der Waals surface area contributed by atoms with Crippen LogP contribution in [0.3, 0.4) is 0 Å². The topological polar surface area (TPSA) is 0 Å². The van der Waals surface area contributed by atoms with E-state index >= 15 is 0 Å². The van der Waals surface area contributed by atoms with Gasteiger partial charge in [0.1, 0.15) is 0 Å². The fraction of sp³-hybridized carbons (Fsp3) is 1.00. The fourth-order valence-corrected chi connectivity index (χ4v) is 4.95. The molecule has 0 aromatic heterocycles. The maximum absolute atomic E-state index is 2.67. The van der Waals surface area contributed by atoms with Gasteiger partial charge in [0.15, 0.2) is 0 Å². The molecule has 0 nitrogen and oxygen atoms in total. The molecule has 0 radical (unpaired) electrons. The molecule has 2 fully saturated rings. The van der Waals surface area contributed by atoms with E-state index in [0.717, 1.165) is 11.8 Å². The molecule has 0 amide bonds. The van der Waals surface area contributed by atoms with E-state index in [1.807, 2.05) is 0 Å². The standard InChI is InChI=1S/C9H14I2/c10-9(11)7-5-3-1-2-4-6-8(7)9/h7-8H,1-6H2. The van der Waals surface area contributed by atoms with Gasteiger partial charge in [-0.3, -0.25) is 0 Å². The quantitative estimate of drug-likeness (QED) is 0.440. The van der Waals surface area contributed by atoms with Gasteiger partial charge in [-0.1, -0.05) is 70.9 Å². The number of hydrogen-bond acceptors (Lipinski definition) is 0. The molecule has 2 aliphatic carbocycles. The first kappa shape index (κ1) is 9.03. The number of rotatable bonds is 0. The van der Waals surface area contributed by atoms with Gasteiger partial charge in [0.05, 0.1) is 1.43 Å². The molecule has 0 aromatic carbocycles. The number of fused-ring (bicyclic) bond motifs is 1. The van der Waals surface area contributed by atoms with Crippen molar-refractivity contribution in [1.82, 2.24) is 0 Å². The van der Waals surface area contributed by atoms with Crippen LogP contribution in [0.25, 0.3) is 0 Å². The lowest BCUT2D eigenvalue weighted by molar-refractivity contribution is 0.485. The van der Waals surface area contributed by atoms with Gasteiger partial charge in [-0.15, -0.1) is 0 Å². The van der Waals surface area contributed by atoms with Gasteiger partial charge in [0.2, 0.25) is 0 Å². The lowest BCUT2D eigenvalue weighted by Gasteiger charge is -2.04. The summed E-state index contributed by atoms with van der Waals surface area (Å²) in [4.78, 5) is 0. The van der Waals surface area contributed by atoms with Gasteiger partial charge >= 0.3 is 0 Å². The zero-order chi connectivity index (χ0) is 7.90. The smallest absolute Gasteiger partial charge is 0.0666 e. The Balaban J connectivity index is 1.95. The number of hydrogen-bond donors (Lipinski definition) is 0. The predicted octanol–water partition coefficient (Wildman–Crippen LogP) is 4.15. The van der Waals surface area contributed by atoms with Crippen molar-refractivity contribution in [1.29, 1.82) is 0 Å². The van der Waals surface area contributed by atoms with Gasteiger partial charge < -0.3 is 0 Å². The summed E-state index contributed by atoms with van der Waals surface area (Å²) in [5, 5.41) is 0. The Labute approximate surface area is 96.2 Å². The molecule has 2 saturated carbocycles. The SMILES string of the molecule is IC1(I)C2CCCCCCC21. The zero-order valence-electron chi connectivity index (χ0n) is 6.65. The van der Waals surface area contributed by atoms with Crippen LogP contribution in [-0.2, 0) is 0 Å². The maximum Gasteiger partial charge on any atom is 0.0797 e. The maximum atomic E-state index is 2.67. The van der Waals surface area contributed by atoms with E-state index in [1.54, 1.807) is 0 Å². The van der Waals surface area contributed by atoms with Crippen LogP contribution < -0.4 is 0 Å². The van der Waals surface area contributed by atoms with Crippen molar-refractivity contribution in [3.8, 4) is 0 Å². The minimum Gasteiger partial charge on any atom is -0.0666 e. The monoisotopic (exact) mass is 376 g/mol. The molecule has 2 unspecified atom stereocenters. The predicted molar refractivity (Wildman–Crippen MR) is 65.5 cm³/mol. The van der Waals surface area contributed by atoms with Gasteiger partial charge in [0.25, 0.3) is 0 Å². The van der Waals surface area contributed by atoms with E-state index in [4.69, 9.17) is 0 Å². The van der Waals surface area contributed by atoms with Crippen LogP contribution in [0.4, 0.5) is 0 Å². The van der Waals surface area contributed by atoms with Gasteiger partial charge in [0, 0.05) is 0 Å². The van der Waals surface area contributed by atoms with Crippen molar-refractivity contribution in [3.05, 3.63) is 0 Å². The summed E-state index contributed by atoms with van der Waals surface area (Å²) < 4.78 is 0.667. The Hall–Kier alpha value is 1.46. The number of halogens is 2. The molecule has 2 heteroatoms. The summed E-state index contributed by atoms with van der Waals surface area (Å²) >= 11 is 5.35. The van der Waals surface area contributed by atoms with Crippen molar-refractivity contribution in [3.63, 3.8) is 0 Å². The van der Waals surface area contributed by atoms with Crippen LogP contribution >= 0.6 is 45.2 Å². The Morgan fingerprint density at radius 3 is 1.73 bits per heavy atom. The Morgan fingerprint density at radius 1 is 0.818 bits per heavy atom. The molecule has 11 heavy (non-hydrogen) atoms. The summed E-state index contributed by atoms with van der Waals surface area (Å²) in [5.41, 5.74) is 0. The van der Waals surface area contributed by atoms with Crippen LogP contribution in [0.1, 0.15) is 38.5 Å². The molecular formula is C9H14I2. The highest BCUT2D eigenvalue weighted by Crippen LogP contribution is 2.66. The summed E-state index contributed by atoms with van der Waals surface area (Å²) in [6.07, 6.45) is 9.00. The lowest BCUT2D eigenvalue weighted by atomic mass is 10.0. The summed E-state index contributed by atoms with van der Waals surface area (Å²) in [7, 11) is 0. The average Bonchev–Trinajstić information content (AvgIpc) is 2.29. The van der Waals surface area contributed by atoms with Crippen molar-refractivity contribution in [2.45, 2.75) is 40.0 Å². The Bertz CT molecular complexity index is 138. The molecule has 0 N–H and O–H groups in total. The summed E-state index contributed by atoms with van der Waals surface area (Å²) in [6.45, 7) is 0. The molecule has 0 aromatic rings. The van der Waals surface area contributed by atoms with Crippen LogP contribution in [-0.4, -0.2) is 1.43 Å². The Morgan fingerprint density at radius 2 is 1.27 bits per heavy atom. The fourth-order valence-electron chi connectivity index (χ4n) is 2.33. The third kappa shape index (κ3) is 1.71. The van der Waals surface area contributed by atoms with E-state index in [2.05, 4.69) is 45.2 Å². The normalized spacial score (nSPS) is 42.0. The molecule has 0 heterocycles. The van der Waals surface area contributed by atoms with E-state index in [-0.39, 0.29) is 0 Å². The van der Waals surface area contributed by atoms with Gasteiger partial charge in [-0.2, -0.15) is 0 Å². The number of alkyl halides is 2. The highest BCUT2D eigenvalue weighted by atomic mass is 127. The minimum absolute atomic E-state index is 0.667. The van der Waals surface area contributed by atoms with Gasteiger partial charge in [-0.05, 0) is 24.7 Å². The van der Waals surface area contributed by atoms with Crippen LogP contribution in [0.15, 0.2) is 0 Å². The largest absolute Gasteiger partial charge is 0.0797 e. The molecule has 2 rings (SSSR count). The highest BCUT2D eigenvalue weighted by Gasteiger charge is 2.59. The van der Waals surface area contributed by atoms with Crippen molar-refractivity contribution >= 4 is 45.2 Å². The van der Waals surface area contributed by atoms with E-state index in [9.17, 15) is 0 Å². The molecule has 64 valence electrons. The van der Waals surface area contributed by atoms with Crippen molar-refractivity contribution in [2.24, 2.45) is 11.8 Å². The lowest BCUT2D eigenvalue weighted by Crippen LogP contribution is -1.90. The molecule has 0 aliphatic heterocycles. The molecule has 0 bridgehead atoms.